The van der Waals surface area contributed by atoms with Gasteiger partial charge < -0.3 is 45.4 Å². The molecule has 12 heteroatoms. The van der Waals surface area contributed by atoms with E-state index in [0.29, 0.717) is 11.1 Å². The van der Waals surface area contributed by atoms with Gasteiger partial charge in [0.15, 0.2) is 23.0 Å². The molecule has 5 aromatic rings. The van der Waals surface area contributed by atoms with Crippen molar-refractivity contribution in [3.63, 3.8) is 0 Å². The van der Waals surface area contributed by atoms with Crippen LogP contribution in [-0.2, 0) is 0 Å². The molecule has 0 saturated carbocycles. The highest BCUT2D eigenvalue weighted by Gasteiger charge is 2.31. The minimum absolute atomic E-state index is 0.136. The summed E-state index contributed by atoms with van der Waals surface area (Å²) in [5.74, 6) is -8.33. The van der Waals surface area contributed by atoms with Gasteiger partial charge in [0.05, 0.1) is 21.3 Å². The molecule has 0 amide bonds. The fraction of sp³-hybridized carbons (Fsp3) is 0. The molecule has 0 atom stereocenters. The topological polar surface area (TPSA) is 210 Å². The Balaban J connectivity index is 1.90. The van der Waals surface area contributed by atoms with Crippen molar-refractivity contribution in [3.05, 3.63) is 58.6 Å². The maximum absolute atomic E-state index is 11.4. The number of fused-ring (bicyclic) bond motifs is 3. The van der Waals surface area contributed by atoms with Crippen LogP contribution in [-0.4, -0.2) is 50.3 Å². The molecule has 0 bridgehead atoms. The molecule has 8 N–H and O–H groups in total. The van der Waals surface area contributed by atoms with E-state index in [1.165, 1.54) is 36.4 Å². The molecule has 0 aliphatic carbocycles. The summed E-state index contributed by atoms with van der Waals surface area (Å²) in [5, 5.41) is 93.3. The molecule has 12 nitrogen and oxygen atoms in total. The fourth-order valence-electron chi connectivity index (χ4n) is 4.32. The van der Waals surface area contributed by atoms with Gasteiger partial charge in [-0.15, -0.1) is 0 Å². The molecular formula is C24H16N2O10. The number of benzene rings is 4. The van der Waals surface area contributed by atoms with Crippen LogP contribution in [0.5, 0.6) is 46.0 Å². The smallest absolute Gasteiger partial charge is 0.277 e. The molecule has 0 unspecified atom stereocenters. The maximum Gasteiger partial charge on any atom is 0.277 e. The largest absolute Gasteiger partial charge is 0.504 e. The zero-order chi connectivity index (χ0) is 26.0. The van der Waals surface area contributed by atoms with Crippen molar-refractivity contribution in [2.24, 2.45) is 0 Å². The first-order valence-electron chi connectivity index (χ1n) is 10.2. The number of rotatable bonds is 3. The standard InChI is InChI=1S/C24H16N2O10/c27-17-13-14-16(20(30)24(34)22(32)18(14)28)25(15(13)19(29)23(33)21(17)31)10-7-5-9(6-8-10)11-3-1-2-4-12(11)26(35)36/h1-8,27-34H. The molecule has 1 aromatic heterocycles. The highest BCUT2D eigenvalue weighted by molar-refractivity contribution is 6.20. The lowest BCUT2D eigenvalue weighted by Crippen LogP contribution is -1.96. The lowest BCUT2D eigenvalue weighted by atomic mass is 10.0. The van der Waals surface area contributed by atoms with Gasteiger partial charge in [0.2, 0.25) is 23.0 Å². The van der Waals surface area contributed by atoms with Crippen molar-refractivity contribution in [2.75, 3.05) is 0 Å². The van der Waals surface area contributed by atoms with Crippen molar-refractivity contribution in [3.8, 4) is 62.8 Å². The lowest BCUT2D eigenvalue weighted by molar-refractivity contribution is -0.384. The number of hydrogen-bond acceptors (Lipinski definition) is 10. The van der Waals surface area contributed by atoms with Gasteiger partial charge in [-0.2, -0.15) is 0 Å². The zero-order valence-corrected chi connectivity index (χ0v) is 17.9. The van der Waals surface area contributed by atoms with Gasteiger partial charge in [-0.3, -0.25) is 10.1 Å². The van der Waals surface area contributed by atoms with E-state index in [1.54, 1.807) is 12.1 Å². The second-order valence-electron chi connectivity index (χ2n) is 7.89. The van der Waals surface area contributed by atoms with Crippen molar-refractivity contribution in [1.82, 2.24) is 4.57 Å². The first kappa shape index (κ1) is 22.3. The summed E-state index contributed by atoms with van der Waals surface area (Å²) in [6.45, 7) is 0. The number of aromatic hydroxyl groups is 8. The third-order valence-electron chi connectivity index (χ3n) is 5.98. The predicted octanol–water partition coefficient (Wildman–Crippen LogP) is 4.00. The normalized spacial score (nSPS) is 11.3. The van der Waals surface area contributed by atoms with Crippen LogP contribution in [0.2, 0.25) is 0 Å². The average molecular weight is 492 g/mol. The third kappa shape index (κ3) is 2.81. The molecule has 0 spiro atoms. The molecule has 36 heavy (non-hydrogen) atoms. The number of phenolic OH excluding ortho intramolecular Hbond substituents is 8. The Bertz CT molecular complexity index is 1660. The van der Waals surface area contributed by atoms with Crippen molar-refractivity contribution >= 4 is 27.5 Å². The molecule has 1 heterocycles. The first-order chi connectivity index (χ1) is 17.1. The van der Waals surface area contributed by atoms with Crippen LogP contribution in [0.25, 0.3) is 38.6 Å². The van der Waals surface area contributed by atoms with Crippen LogP contribution >= 0.6 is 0 Å². The highest BCUT2D eigenvalue weighted by Crippen LogP contribution is 2.58. The van der Waals surface area contributed by atoms with Gasteiger partial charge in [-0.1, -0.05) is 24.3 Å². The molecule has 0 radical (unpaired) electrons. The SMILES string of the molecule is O=[N+]([O-])c1ccccc1-c1ccc(-n2c3c(O)c(O)c(O)c(O)c3c3c(O)c(O)c(O)c(O)c32)cc1. The first-order valence-corrected chi connectivity index (χ1v) is 10.2. The second-order valence-corrected chi connectivity index (χ2v) is 7.89. The molecular weight excluding hydrogens is 476 g/mol. The minimum atomic E-state index is -1.13. The Morgan fingerprint density at radius 1 is 0.583 bits per heavy atom. The number of hydrogen-bond donors (Lipinski definition) is 8. The lowest BCUT2D eigenvalue weighted by Gasteiger charge is -2.13. The number of aromatic nitrogens is 1. The van der Waals surface area contributed by atoms with E-state index in [2.05, 4.69) is 0 Å². The van der Waals surface area contributed by atoms with Crippen LogP contribution in [0.3, 0.4) is 0 Å². The maximum atomic E-state index is 11.4. The van der Waals surface area contributed by atoms with Crippen LogP contribution in [0.15, 0.2) is 48.5 Å². The third-order valence-corrected chi connectivity index (χ3v) is 5.98. The average Bonchev–Trinajstić information content (AvgIpc) is 3.24. The van der Waals surface area contributed by atoms with E-state index in [0.717, 1.165) is 4.57 Å². The fourth-order valence-corrected chi connectivity index (χ4v) is 4.32. The van der Waals surface area contributed by atoms with Gasteiger partial charge >= 0.3 is 0 Å². The Morgan fingerprint density at radius 2 is 1.03 bits per heavy atom. The van der Waals surface area contributed by atoms with Crippen LogP contribution in [0, 0.1) is 10.1 Å². The number of nitrogens with zero attached hydrogens (tertiary/aromatic N) is 2. The monoisotopic (exact) mass is 492 g/mol. The summed E-state index contributed by atoms with van der Waals surface area (Å²) >= 11 is 0. The highest BCUT2D eigenvalue weighted by atomic mass is 16.6. The number of phenols is 8. The Kier molecular flexibility index (Phi) is 4.64. The van der Waals surface area contributed by atoms with E-state index in [1.807, 2.05) is 0 Å². The van der Waals surface area contributed by atoms with E-state index in [-0.39, 0.29) is 11.4 Å². The summed E-state index contributed by atoms with van der Waals surface area (Å²) in [4.78, 5) is 10.9. The summed E-state index contributed by atoms with van der Waals surface area (Å²) in [6, 6.07) is 11.8. The van der Waals surface area contributed by atoms with E-state index in [9.17, 15) is 51.0 Å². The van der Waals surface area contributed by atoms with E-state index < -0.39 is 72.7 Å². The summed E-state index contributed by atoms with van der Waals surface area (Å²) < 4.78 is 1.05. The predicted molar refractivity (Wildman–Crippen MR) is 126 cm³/mol. The summed E-state index contributed by atoms with van der Waals surface area (Å²) in [5.41, 5.74) is -0.0574. The van der Waals surface area contributed by atoms with Gasteiger partial charge in [-0.05, 0) is 23.8 Å². The Labute approximate surface area is 199 Å². The van der Waals surface area contributed by atoms with Crippen molar-refractivity contribution in [2.45, 2.75) is 0 Å². The van der Waals surface area contributed by atoms with Crippen molar-refractivity contribution in [1.29, 1.82) is 0 Å². The summed E-state index contributed by atoms with van der Waals surface area (Å²) in [7, 11) is 0. The molecule has 0 saturated heterocycles. The van der Waals surface area contributed by atoms with E-state index >= 15 is 0 Å². The number of nitro benzene ring substituents is 1. The molecule has 0 aliphatic rings. The molecule has 5 rings (SSSR count). The molecule has 4 aromatic carbocycles. The number of para-hydroxylation sites is 1. The van der Waals surface area contributed by atoms with Gasteiger partial charge in [0.1, 0.15) is 11.0 Å². The quantitative estimate of drug-likeness (QED) is 0.0785. The minimum Gasteiger partial charge on any atom is -0.504 e. The van der Waals surface area contributed by atoms with Gasteiger partial charge in [0, 0.05) is 11.8 Å². The van der Waals surface area contributed by atoms with Crippen LogP contribution in [0.1, 0.15) is 0 Å². The Hall–Kier alpha value is -5.52. The molecule has 0 fully saturated rings. The Morgan fingerprint density at radius 3 is 1.50 bits per heavy atom. The van der Waals surface area contributed by atoms with Crippen LogP contribution < -0.4 is 0 Å². The summed E-state index contributed by atoms with van der Waals surface area (Å²) in [6.07, 6.45) is 0. The molecule has 0 aliphatic heterocycles. The van der Waals surface area contributed by atoms with Crippen molar-refractivity contribution < 1.29 is 45.8 Å². The number of nitro groups is 1. The van der Waals surface area contributed by atoms with Gasteiger partial charge in [-0.25, -0.2) is 0 Å². The zero-order valence-electron chi connectivity index (χ0n) is 17.9. The molecule has 182 valence electrons. The second kappa shape index (κ2) is 7.50. The van der Waals surface area contributed by atoms with E-state index in [4.69, 9.17) is 0 Å². The van der Waals surface area contributed by atoms with Gasteiger partial charge in [0.25, 0.3) is 5.69 Å². The van der Waals surface area contributed by atoms with Crippen LogP contribution in [0.4, 0.5) is 5.69 Å².